The van der Waals surface area contributed by atoms with Crippen molar-refractivity contribution in [2.75, 3.05) is 11.9 Å². The fourth-order valence-electron chi connectivity index (χ4n) is 1.88. The van der Waals surface area contributed by atoms with Crippen LogP contribution in [0.15, 0.2) is 42.5 Å². The van der Waals surface area contributed by atoms with Crippen LogP contribution < -0.4 is 5.32 Å². The molecule has 0 radical (unpaired) electrons. The number of nitrogens with one attached hydrogen (secondary N) is 1. The van der Waals surface area contributed by atoms with E-state index in [2.05, 4.69) is 5.32 Å². The third-order valence-electron chi connectivity index (χ3n) is 3.15. The predicted octanol–water partition coefficient (Wildman–Crippen LogP) is 3.24. The molecule has 22 heavy (non-hydrogen) atoms. The van der Waals surface area contributed by atoms with Crippen LogP contribution in [-0.2, 0) is 9.53 Å². The van der Waals surface area contributed by atoms with Crippen LogP contribution in [0.3, 0.4) is 0 Å². The molecule has 1 N–H and O–H groups in total. The molecular formula is C17H16FNO3. The van der Waals surface area contributed by atoms with E-state index in [1.165, 1.54) is 6.07 Å². The summed E-state index contributed by atoms with van der Waals surface area (Å²) in [4.78, 5) is 23.6. The van der Waals surface area contributed by atoms with Crippen LogP contribution >= 0.6 is 0 Å². The van der Waals surface area contributed by atoms with Gasteiger partial charge in [0, 0.05) is 5.69 Å². The van der Waals surface area contributed by atoms with Crippen molar-refractivity contribution < 1.29 is 18.7 Å². The Bertz CT molecular complexity index is 713. The van der Waals surface area contributed by atoms with Crippen molar-refractivity contribution in [3.63, 3.8) is 0 Å². The van der Waals surface area contributed by atoms with E-state index in [1.54, 1.807) is 44.2 Å². The first kappa shape index (κ1) is 15.7. The van der Waals surface area contributed by atoms with Crippen molar-refractivity contribution in [1.82, 2.24) is 0 Å². The molecule has 114 valence electrons. The summed E-state index contributed by atoms with van der Waals surface area (Å²) in [6, 6.07) is 11.3. The summed E-state index contributed by atoms with van der Waals surface area (Å²) < 4.78 is 18.3. The second-order valence-corrected chi connectivity index (χ2v) is 4.90. The summed E-state index contributed by atoms with van der Waals surface area (Å²) >= 11 is 0. The Morgan fingerprint density at radius 2 is 1.82 bits per heavy atom. The monoisotopic (exact) mass is 301 g/mol. The number of anilines is 1. The van der Waals surface area contributed by atoms with Gasteiger partial charge in [-0.25, -0.2) is 9.18 Å². The Labute approximate surface area is 127 Å². The summed E-state index contributed by atoms with van der Waals surface area (Å²) in [6.45, 7) is 2.99. The highest BCUT2D eigenvalue weighted by atomic mass is 19.1. The van der Waals surface area contributed by atoms with Gasteiger partial charge in [-0.1, -0.05) is 24.3 Å². The first-order valence-corrected chi connectivity index (χ1v) is 6.76. The van der Waals surface area contributed by atoms with Gasteiger partial charge in [-0.15, -0.1) is 0 Å². The van der Waals surface area contributed by atoms with Gasteiger partial charge in [0.15, 0.2) is 6.61 Å². The summed E-state index contributed by atoms with van der Waals surface area (Å²) in [5, 5.41) is 2.48. The highest BCUT2D eigenvalue weighted by Gasteiger charge is 2.12. The van der Waals surface area contributed by atoms with E-state index in [0.29, 0.717) is 16.8 Å². The fourth-order valence-corrected chi connectivity index (χ4v) is 1.88. The molecule has 0 aliphatic heterocycles. The van der Waals surface area contributed by atoms with E-state index in [4.69, 9.17) is 4.74 Å². The number of hydrogen-bond acceptors (Lipinski definition) is 3. The van der Waals surface area contributed by atoms with E-state index in [-0.39, 0.29) is 0 Å². The number of aryl methyl sites for hydroxylation is 2. The van der Waals surface area contributed by atoms with Crippen molar-refractivity contribution in [2.45, 2.75) is 13.8 Å². The number of amides is 1. The van der Waals surface area contributed by atoms with Gasteiger partial charge in [-0.3, -0.25) is 4.79 Å². The van der Waals surface area contributed by atoms with Gasteiger partial charge in [0.25, 0.3) is 5.91 Å². The summed E-state index contributed by atoms with van der Waals surface area (Å²) in [6.07, 6.45) is 0. The maximum Gasteiger partial charge on any atom is 0.338 e. The first-order valence-electron chi connectivity index (χ1n) is 6.76. The van der Waals surface area contributed by atoms with Crippen LogP contribution in [0, 0.1) is 19.7 Å². The van der Waals surface area contributed by atoms with Gasteiger partial charge in [0.05, 0.1) is 5.56 Å². The molecule has 2 aromatic carbocycles. The van der Waals surface area contributed by atoms with Crippen LogP contribution in [0.4, 0.5) is 10.1 Å². The molecule has 0 fully saturated rings. The zero-order chi connectivity index (χ0) is 16.1. The molecule has 0 saturated heterocycles. The molecule has 2 aromatic rings. The molecule has 0 saturated carbocycles. The number of carbonyl (C=O) groups excluding carboxylic acids is 2. The smallest absolute Gasteiger partial charge is 0.338 e. The first-order chi connectivity index (χ1) is 10.5. The summed E-state index contributed by atoms with van der Waals surface area (Å²) in [7, 11) is 0. The Morgan fingerprint density at radius 3 is 2.50 bits per heavy atom. The van der Waals surface area contributed by atoms with Crippen LogP contribution in [-0.4, -0.2) is 18.5 Å². The van der Waals surface area contributed by atoms with Crippen molar-refractivity contribution >= 4 is 17.6 Å². The molecule has 0 bridgehead atoms. The van der Waals surface area contributed by atoms with Gasteiger partial charge < -0.3 is 10.1 Å². The lowest BCUT2D eigenvalue weighted by Crippen LogP contribution is -2.21. The van der Waals surface area contributed by atoms with Crippen LogP contribution in [0.5, 0.6) is 0 Å². The minimum Gasteiger partial charge on any atom is -0.452 e. The maximum atomic E-state index is 13.4. The number of hydrogen-bond donors (Lipinski definition) is 1. The minimum atomic E-state index is -0.566. The van der Waals surface area contributed by atoms with E-state index < -0.39 is 24.3 Å². The van der Waals surface area contributed by atoms with Crippen molar-refractivity contribution in [3.8, 4) is 0 Å². The van der Waals surface area contributed by atoms with E-state index in [0.717, 1.165) is 5.56 Å². The van der Waals surface area contributed by atoms with Crippen LogP contribution in [0.1, 0.15) is 21.5 Å². The Hall–Kier alpha value is -2.69. The zero-order valence-corrected chi connectivity index (χ0v) is 12.4. The molecule has 0 unspecified atom stereocenters. The standard InChI is InChI=1S/C17H16FNO3/c1-11-5-3-4-6-14(11)17(21)22-10-16(20)19-13-8-7-12(2)15(18)9-13/h3-9H,10H2,1-2H3,(H,19,20). The third-order valence-corrected chi connectivity index (χ3v) is 3.15. The zero-order valence-electron chi connectivity index (χ0n) is 12.4. The number of ether oxygens (including phenoxy) is 1. The molecule has 0 aromatic heterocycles. The number of halogens is 1. The number of benzene rings is 2. The summed E-state index contributed by atoms with van der Waals surface area (Å²) in [5.74, 6) is -1.50. The topological polar surface area (TPSA) is 55.4 Å². The average molecular weight is 301 g/mol. The SMILES string of the molecule is Cc1ccc(NC(=O)COC(=O)c2ccccc2C)cc1F. The molecule has 1 amide bonds. The van der Waals surface area contributed by atoms with Gasteiger partial charge in [0.1, 0.15) is 5.82 Å². The van der Waals surface area contributed by atoms with Gasteiger partial charge in [0.2, 0.25) is 0 Å². The lowest BCUT2D eigenvalue weighted by molar-refractivity contribution is -0.119. The van der Waals surface area contributed by atoms with E-state index in [1.807, 2.05) is 6.07 Å². The molecule has 0 heterocycles. The average Bonchev–Trinajstić information content (AvgIpc) is 2.49. The van der Waals surface area contributed by atoms with Gasteiger partial charge >= 0.3 is 5.97 Å². The van der Waals surface area contributed by atoms with E-state index in [9.17, 15) is 14.0 Å². The molecular weight excluding hydrogens is 285 g/mol. The Morgan fingerprint density at radius 1 is 1.09 bits per heavy atom. The maximum absolute atomic E-state index is 13.4. The fraction of sp³-hybridized carbons (Fsp3) is 0.176. The lowest BCUT2D eigenvalue weighted by Gasteiger charge is -2.08. The molecule has 0 aliphatic carbocycles. The molecule has 2 rings (SSSR count). The third kappa shape index (κ3) is 3.91. The van der Waals surface area contributed by atoms with Crippen LogP contribution in [0.25, 0.3) is 0 Å². The van der Waals surface area contributed by atoms with Gasteiger partial charge in [-0.2, -0.15) is 0 Å². The molecule has 0 atom stereocenters. The highest BCUT2D eigenvalue weighted by Crippen LogP contribution is 2.13. The van der Waals surface area contributed by atoms with Crippen LogP contribution in [0.2, 0.25) is 0 Å². The van der Waals surface area contributed by atoms with Gasteiger partial charge in [-0.05, 0) is 43.2 Å². The predicted molar refractivity (Wildman–Crippen MR) is 81.2 cm³/mol. The molecule has 4 nitrogen and oxygen atoms in total. The van der Waals surface area contributed by atoms with Crippen molar-refractivity contribution in [3.05, 3.63) is 65.0 Å². The molecule has 0 aliphatic rings. The Kier molecular flexibility index (Phi) is 4.88. The largest absolute Gasteiger partial charge is 0.452 e. The molecule has 0 spiro atoms. The lowest BCUT2D eigenvalue weighted by atomic mass is 10.1. The quantitative estimate of drug-likeness (QED) is 0.882. The summed E-state index contributed by atoms with van der Waals surface area (Å²) in [5.41, 5.74) is 1.99. The Balaban J connectivity index is 1.91. The molecule has 5 heteroatoms. The number of rotatable bonds is 4. The highest BCUT2D eigenvalue weighted by molar-refractivity contribution is 5.96. The normalized spacial score (nSPS) is 10.1. The second-order valence-electron chi connectivity index (χ2n) is 4.90. The van der Waals surface area contributed by atoms with E-state index >= 15 is 0 Å². The second kappa shape index (κ2) is 6.85. The van der Waals surface area contributed by atoms with Crippen molar-refractivity contribution in [2.24, 2.45) is 0 Å². The minimum absolute atomic E-state index is 0.319. The van der Waals surface area contributed by atoms with Crippen molar-refractivity contribution in [1.29, 1.82) is 0 Å². The number of esters is 1. The number of carbonyl (C=O) groups is 2.